The van der Waals surface area contributed by atoms with Crippen molar-refractivity contribution in [2.24, 2.45) is 56.7 Å². The lowest BCUT2D eigenvalue weighted by Crippen LogP contribution is -2.65. The van der Waals surface area contributed by atoms with Crippen LogP contribution < -0.4 is 0 Å². The lowest BCUT2D eigenvalue weighted by atomic mass is 9.33. The van der Waals surface area contributed by atoms with E-state index in [1.165, 1.54) is 45.2 Å². The molecule has 6 aliphatic rings. The molecule has 244 valence electrons. The van der Waals surface area contributed by atoms with Crippen LogP contribution in [0.15, 0.2) is 11.6 Å². The Hall–Kier alpha value is -0.870. The van der Waals surface area contributed by atoms with Crippen molar-refractivity contribution >= 4 is 5.97 Å². The molecular weight excluding hydrogens is 530 g/mol. The van der Waals surface area contributed by atoms with E-state index in [1.54, 1.807) is 5.57 Å². The number of hydrogen-bond acceptors (Lipinski definition) is 4. The maximum atomic E-state index is 14.3. The van der Waals surface area contributed by atoms with Crippen molar-refractivity contribution in [3.63, 3.8) is 0 Å². The van der Waals surface area contributed by atoms with Crippen molar-refractivity contribution < 1.29 is 14.6 Å². The molecule has 0 aromatic rings. The number of rotatable bonds is 6. The van der Waals surface area contributed by atoms with Crippen LogP contribution in [-0.2, 0) is 9.53 Å². The van der Waals surface area contributed by atoms with Gasteiger partial charge in [-0.3, -0.25) is 4.79 Å². The second-order valence-electron chi connectivity index (χ2n) is 17.9. The number of likely N-dealkylation sites (tertiary alicyclic amines) is 1. The number of allylic oxidation sites excluding steroid dienone is 2. The minimum absolute atomic E-state index is 0.0220. The zero-order valence-electron chi connectivity index (χ0n) is 29.0. The van der Waals surface area contributed by atoms with Crippen molar-refractivity contribution in [1.29, 1.82) is 0 Å². The SMILES string of the molecule is C[C@H]1[C@H](C)CC[C@]2(C(=O)OCCCCN3CCCCC3)CC[C@]3(C)C(=CC[C@@H]4[C@@]5(C)CC[C@H](O)C(C)(C)[C@@H]5CC[C@]43C)[C@H]12. The average molecular weight is 596 g/mol. The molecule has 0 radical (unpaired) electrons. The van der Waals surface area contributed by atoms with E-state index in [0.29, 0.717) is 36.2 Å². The molecule has 5 fully saturated rings. The van der Waals surface area contributed by atoms with E-state index in [2.05, 4.69) is 59.4 Å². The van der Waals surface area contributed by atoms with Gasteiger partial charge in [-0.05, 0) is 154 Å². The number of carbonyl (C=O) groups is 1. The third-order valence-electron chi connectivity index (χ3n) is 15.9. The number of esters is 1. The van der Waals surface area contributed by atoms with Gasteiger partial charge in [0.15, 0.2) is 0 Å². The predicted octanol–water partition coefficient (Wildman–Crippen LogP) is 8.81. The molecule has 43 heavy (non-hydrogen) atoms. The number of piperidine rings is 1. The smallest absolute Gasteiger partial charge is 0.312 e. The van der Waals surface area contributed by atoms with Crippen LogP contribution in [0.5, 0.6) is 0 Å². The first-order valence-electron chi connectivity index (χ1n) is 18.6. The van der Waals surface area contributed by atoms with Gasteiger partial charge in [-0.25, -0.2) is 0 Å². The minimum Gasteiger partial charge on any atom is -0.465 e. The first-order chi connectivity index (χ1) is 20.3. The summed E-state index contributed by atoms with van der Waals surface area (Å²) in [6.07, 6.45) is 18.6. The predicted molar refractivity (Wildman–Crippen MR) is 175 cm³/mol. The first-order valence-corrected chi connectivity index (χ1v) is 18.6. The molecule has 5 aliphatic carbocycles. The Morgan fingerprint density at radius 2 is 1.65 bits per heavy atom. The number of unbranched alkanes of at least 4 members (excludes halogenated alkanes) is 1. The molecule has 0 bridgehead atoms. The molecule has 4 saturated carbocycles. The number of nitrogens with zero attached hydrogens (tertiary/aromatic N) is 1. The van der Waals surface area contributed by atoms with Crippen LogP contribution in [0, 0.1) is 56.7 Å². The lowest BCUT2D eigenvalue weighted by molar-refractivity contribution is -0.207. The van der Waals surface area contributed by atoms with Crippen LogP contribution in [0.1, 0.15) is 138 Å². The minimum atomic E-state index is -0.342. The Morgan fingerprint density at radius 3 is 2.40 bits per heavy atom. The highest BCUT2D eigenvalue weighted by atomic mass is 16.5. The van der Waals surface area contributed by atoms with E-state index >= 15 is 0 Å². The van der Waals surface area contributed by atoms with Crippen LogP contribution in [0.25, 0.3) is 0 Å². The van der Waals surface area contributed by atoms with Gasteiger partial charge in [0.05, 0.1) is 18.1 Å². The summed E-state index contributed by atoms with van der Waals surface area (Å²) in [6.45, 7) is 21.7. The van der Waals surface area contributed by atoms with Crippen molar-refractivity contribution in [2.45, 2.75) is 144 Å². The standard InChI is InChI=1S/C39H65NO3/c1-27-15-20-39(34(42)43-26-12-11-25-40-23-9-8-10-24-40)22-21-37(6)29(33(39)28(27)2)13-14-31-36(5)18-17-32(41)35(3,4)30(36)16-19-38(31,37)7/h13,27-28,30-33,41H,8-12,14-26H2,1-7H3/t27-,28+,30+,31-,32+,33+,36+,37-,38-,39+/m1/s1. The van der Waals surface area contributed by atoms with E-state index in [1.807, 2.05) is 0 Å². The molecule has 0 aromatic carbocycles. The Balaban J connectivity index is 1.24. The van der Waals surface area contributed by atoms with Gasteiger partial charge in [0.2, 0.25) is 0 Å². The van der Waals surface area contributed by atoms with Crippen molar-refractivity contribution in [3.05, 3.63) is 11.6 Å². The van der Waals surface area contributed by atoms with Gasteiger partial charge >= 0.3 is 5.97 Å². The topological polar surface area (TPSA) is 49.8 Å². The highest BCUT2D eigenvalue weighted by molar-refractivity contribution is 5.79. The Bertz CT molecular complexity index is 1080. The van der Waals surface area contributed by atoms with Crippen LogP contribution in [0.4, 0.5) is 0 Å². The highest BCUT2D eigenvalue weighted by Crippen LogP contribution is 2.75. The quantitative estimate of drug-likeness (QED) is 0.189. The molecule has 4 heteroatoms. The molecule has 6 rings (SSSR count). The summed E-state index contributed by atoms with van der Waals surface area (Å²) in [7, 11) is 0. The summed E-state index contributed by atoms with van der Waals surface area (Å²) in [5.41, 5.74) is 1.88. The summed E-state index contributed by atoms with van der Waals surface area (Å²) in [5.74, 6) is 2.78. The number of hydrogen-bond donors (Lipinski definition) is 1. The highest BCUT2D eigenvalue weighted by Gasteiger charge is 2.69. The zero-order chi connectivity index (χ0) is 30.8. The van der Waals surface area contributed by atoms with Crippen LogP contribution in [0.3, 0.4) is 0 Å². The molecule has 10 atom stereocenters. The van der Waals surface area contributed by atoms with Crippen molar-refractivity contribution in [1.82, 2.24) is 4.90 Å². The normalized spacial score (nSPS) is 47.8. The van der Waals surface area contributed by atoms with Gasteiger partial charge in [0, 0.05) is 0 Å². The van der Waals surface area contributed by atoms with E-state index in [4.69, 9.17) is 4.74 Å². The van der Waals surface area contributed by atoms with Crippen LogP contribution >= 0.6 is 0 Å². The van der Waals surface area contributed by atoms with Gasteiger partial charge < -0.3 is 14.7 Å². The molecule has 0 unspecified atom stereocenters. The lowest BCUT2D eigenvalue weighted by Gasteiger charge is -2.71. The molecule has 1 heterocycles. The van der Waals surface area contributed by atoms with E-state index in [9.17, 15) is 9.90 Å². The van der Waals surface area contributed by atoms with Gasteiger partial charge in [-0.1, -0.05) is 66.5 Å². The third-order valence-corrected chi connectivity index (χ3v) is 15.9. The average Bonchev–Trinajstić information content (AvgIpc) is 2.97. The Kier molecular flexibility index (Phi) is 8.53. The Labute approximate surface area is 264 Å². The van der Waals surface area contributed by atoms with E-state index in [-0.39, 0.29) is 39.1 Å². The molecule has 4 nitrogen and oxygen atoms in total. The molecule has 1 N–H and O–H groups in total. The fourth-order valence-corrected chi connectivity index (χ4v) is 12.8. The molecule has 0 spiro atoms. The maximum Gasteiger partial charge on any atom is 0.312 e. The summed E-state index contributed by atoms with van der Waals surface area (Å²) in [6, 6.07) is 0. The van der Waals surface area contributed by atoms with Gasteiger partial charge in [-0.15, -0.1) is 0 Å². The van der Waals surface area contributed by atoms with Crippen molar-refractivity contribution in [2.75, 3.05) is 26.2 Å². The Morgan fingerprint density at radius 1 is 0.907 bits per heavy atom. The van der Waals surface area contributed by atoms with E-state index in [0.717, 1.165) is 64.3 Å². The fourth-order valence-electron chi connectivity index (χ4n) is 12.8. The molecule has 1 saturated heterocycles. The van der Waals surface area contributed by atoms with Gasteiger partial charge in [0.1, 0.15) is 0 Å². The number of carbonyl (C=O) groups excluding carboxylic acids is 1. The van der Waals surface area contributed by atoms with Crippen LogP contribution in [0.2, 0.25) is 0 Å². The summed E-state index contributed by atoms with van der Waals surface area (Å²) >= 11 is 0. The number of aliphatic hydroxyl groups is 1. The second kappa shape index (κ2) is 11.4. The summed E-state index contributed by atoms with van der Waals surface area (Å²) in [4.78, 5) is 16.9. The van der Waals surface area contributed by atoms with E-state index < -0.39 is 0 Å². The molecule has 0 aromatic heterocycles. The van der Waals surface area contributed by atoms with Crippen molar-refractivity contribution in [3.8, 4) is 0 Å². The summed E-state index contributed by atoms with van der Waals surface area (Å²) < 4.78 is 6.27. The van der Waals surface area contributed by atoms with Gasteiger partial charge in [-0.2, -0.15) is 0 Å². The molecular formula is C39H65NO3. The molecule has 0 amide bonds. The largest absolute Gasteiger partial charge is 0.465 e. The zero-order valence-corrected chi connectivity index (χ0v) is 29.0. The fraction of sp³-hybridized carbons (Fsp3) is 0.923. The third kappa shape index (κ3) is 4.83. The number of ether oxygens (including phenoxy) is 1. The monoisotopic (exact) mass is 595 g/mol. The second-order valence-corrected chi connectivity index (χ2v) is 17.9. The molecule has 1 aliphatic heterocycles. The van der Waals surface area contributed by atoms with Crippen LogP contribution in [-0.4, -0.2) is 48.3 Å². The number of aliphatic hydroxyl groups excluding tert-OH is 1. The maximum absolute atomic E-state index is 14.3. The van der Waals surface area contributed by atoms with Gasteiger partial charge in [0.25, 0.3) is 0 Å². The first kappa shape index (κ1) is 32.1. The summed E-state index contributed by atoms with van der Waals surface area (Å²) in [5, 5.41) is 11.0. The number of fused-ring (bicyclic) bond motifs is 7.